The third-order valence-electron chi connectivity index (χ3n) is 4.60. The molecule has 0 radical (unpaired) electrons. The number of hydrogen-bond acceptors (Lipinski definition) is 2. The van der Waals surface area contributed by atoms with Gasteiger partial charge in [0.15, 0.2) is 0 Å². The summed E-state index contributed by atoms with van der Waals surface area (Å²) in [6, 6.07) is 3.66. The molecule has 1 aromatic heterocycles. The van der Waals surface area contributed by atoms with E-state index in [4.69, 9.17) is 0 Å². The fraction of sp³-hybridized carbons (Fsp3) is 0.471. The summed E-state index contributed by atoms with van der Waals surface area (Å²) in [6.07, 6.45) is 6.50. The molecule has 3 rings (SSSR count). The molecule has 1 heterocycles. The third-order valence-corrected chi connectivity index (χ3v) is 4.60. The second-order valence-electron chi connectivity index (χ2n) is 5.89. The molecule has 106 valence electrons. The summed E-state index contributed by atoms with van der Waals surface area (Å²) in [5.41, 5.74) is 5.08. The normalized spacial score (nSPS) is 30.1. The van der Waals surface area contributed by atoms with Crippen LogP contribution in [0.25, 0.3) is 0 Å². The predicted molar refractivity (Wildman–Crippen MR) is 81.7 cm³/mol. The van der Waals surface area contributed by atoms with Crippen molar-refractivity contribution in [1.29, 1.82) is 0 Å². The van der Waals surface area contributed by atoms with E-state index in [1.165, 1.54) is 16.7 Å². The van der Waals surface area contributed by atoms with Gasteiger partial charge in [-0.25, -0.2) is 0 Å². The van der Waals surface area contributed by atoms with Gasteiger partial charge in [0.25, 0.3) is 0 Å². The van der Waals surface area contributed by atoms with Crippen molar-refractivity contribution in [2.75, 3.05) is 6.54 Å². The van der Waals surface area contributed by atoms with E-state index in [0.29, 0.717) is 5.92 Å². The van der Waals surface area contributed by atoms with Gasteiger partial charge in [-0.15, -0.1) is 0 Å². The summed E-state index contributed by atoms with van der Waals surface area (Å²) in [6.45, 7) is 7.39. The maximum atomic E-state index is 11.6. The Morgan fingerprint density at radius 2 is 2.30 bits per heavy atom. The molecular formula is C17H22N2O. The molecule has 0 amide bonds. The van der Waals surface area contributed by atoms with Gasteiger partial charge in [0.1, 0.15) is 0 Å². The van der Waals surface area contributed by atoms with Crippen molar-refractivity contribution in [3.63, 3.8) is 0 Å². The molecule has 1 aromatic rings. The lowest BCUT2D eigenvalue weighted by atomic mass is 9.63. The van der Waals surface area contributed by atoms with Crippen LogP contribution < -0.4 is 10.9 Å². The predicted octanol–water partition coefficient (Wildman–Crippen LogP) is 2.65. The quantitative estimate of drug-likeness (QED) is 0.812. The summed E-state index contributed by atoms with van der Waals surface area (Å²) in [4.78, 5) is 14.7. The number of fused-ring (bicyclic) bond motifs is 4. The van der Waals surface area contributed by atoms with Crippen LogP contribution in [0.5, 0.6) is 0 Å². The largest absolute Gasteiger partial charge is 0.326 e. The molecule has 2 bridgehead atoms. The lowest BCUT2D eigenvalue weighted by molar-refractivity contribution is 0.330. The van der Waals surface area contributed by atoms with Crippen LogP contribution in [0.1, 0.15) is 38.4 Å². The van der Waals surface area contributed by atoms with E-state index in [1.807, 2.05) is 6.07 Å². The smallest absolute Gasteiger partial charge is 0.248 e. The highest BCUT2D eigenvalue weighted by molar-refractivity contribution is 5.49. The Morgan fingerprint density at radius 3 is 3.00 bits per heavy atom. The van der Waals surface area contributed by atoms with E-state index in [2.05, 4.69) is 43.2 Å². The minimum atomic E-state index is -0.134. The van der Waals surface area contributed by atoms with E-state index < -0.39 is 0 Å². The minimum Gasteiger partial charge on any atom is -0.326 e. The molecule has 0 saturated heterocycles. The Morgan fingerprint density at radius 1 is 1.50 bits per heavy atom. The van der Waals surface area contributed by atoms with E-state index in [0.717, 1.165) is 25.1 Å². The maximum Gasteiger partial charge on any atom is 0.248 e. The Hall–Kier alpha value is -1.61. The highest BCUT2D eigenvalue weighted by Gasteiger charge is 2.45. The third kappa shape index (κ3) is 1.80. The van der Waals surface area contributed by atoms with Crippen LogP contribution in [0.3, 0.4) is 0 Å². The topological polar surface area (TPSA) is 44.9 Å². The minimum absolute atomic E-state index is 0.00176. The second-order valence-corrected chi connectivity index (χ2v) is 5.89. The van der Waals surface area contributed by atoms with Crippen LogP contribution >= 0.6 is 0 Å². The summed E-state index contributed by atoms with van der Waals surface area (Å²) in [5.74, 6) is 0.401. The van der Waals surface area contributed by atoms with Crippen molar-refractivity contribution < 1.29 is 0 Å². The summed E-state index contributed by atoms with van der Waals surface area (Å²) in [7, 11) is 0. The van der Waals surface area contributed by atoms with Crippen molar-refractivity contribution >= 4 is 0 Å². The molecule has 0 spiro atoms. The maximum absolute atomic E-state index is 11.6. The first kappa shape index (κ1) is 13.4. The van der Waals surface area contributed by atoms with Crippen LogP contribution in [0, 0.1) is 5.92 Å². The molecule has 2 atom stereocenters. The molecule has 2 unspecified atom stereocenters. The molecule has 2 N–H and O–H groups in total. The van der Waals surface area contributed by atoms with Gasteiger partial charge in [0.05, 0.1) is 5.54 Å². The average Bonchev–Trinajstić information content (AvgIpc) is 2.37. The second kappa shape index (κ2) is 4.74. The fourth-order valence-corrected chi connectivity index (χ4v) is 4.07. The van der Waals surface area contributed by atoms with Gasteiger partial charge in [0.2, 0.25) is 5.56 Å². The highest BCUT2D eigenvalue weighted by atomic mass is 16.1. The zero-order valence-corrected chi connectivity index (χ0v) is 12.4. The van der Waals surface area contributed by atoms with Gasteiger partial charge < -0.3 is 10.3 Å². The van der Waals surface area contributed by atoms with Crippen LogP contribution in [-0.4, -0.2) is 11.5 Å². The lowest BCUT2D eigenvalue weighted by Gasteiger charge is -2.48. The number of pyridine rings is 1. The van der Waals surface area contributed by atoms with Gasteiger partial charge in [-0.3, -0.25) is 4.79 Å². The molecule has 0 fully saturated rings. The van der Waals surface area contributed by atoms with Gasteiger partial charge in [-0.05, 0) is 50.4 Å². The van der Waals surface area contributed by atoms with E-state index >= 15 is 0 Å². The Bertz CT molecular complexity index is 653. The Labute approximate surface area is 119 Å². The monoisotopic (exact) mass is 270 g/mol. The van der Waals surface area contributed by atoms with Crippen molar-refractivity contribution in [3.05, 3.63) is 57.0 Å². The molecule has 3 nitrogen and oxygen atoms in total. The lowest BCUT2D eigenvalue weighted by Crippen LogP contribution is -2.51. The molecular weight excluding hydrogens is 248 g/mol. The summed E-state index contributed by atoms with van der Waals surface area (Å²) < 4.78 is 0. The highest BCUT2D eigenvalue weighted by Crippen LogP contribution is 2.49. The number of likely N-dealkylation sites (N-methyl/N-ethyl adjacent to an activating group) is 1. The first-order valence-electron chi connectivity index (χ1n) is 7.42. The summed E-state index contributed by atoms with van der Waals surface area (Å²) in [5, 5.41) is 3.71. The van der Waals surface area contributed by atoms with Crippen molar-refractivity contribution in [3.8, 4) is 0 Å². The van der Waals surface area contributed by atoms with Crippen LogP contribution in [0.4, 0.5) is 0 Å². The number of nitrogens with one attached hydrogen (secondary N) is 2. The van der Waals surface area contributed by atoms with Gasteiger partial charge in [-0.1, -0.05) is 24.6 Å². The van der Waals surface area contributed by atoms with E-state index in [9.17, 15) is 4.79 Å². The standard InChI is InChI=1S/C17H22N2O/c1-4-13-12-8-11(3)10-17(13,18-5-2)14-6-7-16(20)19-15(14)9-12/h4,6-8,12,18H,5,9-10H2,1-3H3,(H,19,20)/b13-4+. The van der Waals surface area contributed by atoms with E-state index in [1.54, 1.807) is 6.07 Å². The SMILES string of the molecule is C/C=C1\C2C=C(C)CC1(NCC)c1ccc(=O)[nH]c1C2. The number of H-pyrrole nitrogens is 1. The van der Waals surface area contributed by atoms with Crippen LogP contribution in [0.2, 0.25) is 0 Å². The van der Waals surface area contributed by atoms with Gasteiger partial charge in [-0.2, -0.15) is 0 Å². The molecule has 0 saturated carbocycles. The Kier molecular flexibility index (Phi) is 3.17. The van der Waals surface area contributed by atoms with Crippen molar-refractivity contribution in [1.82, 2.24) is 10.3 Å². The number of hydrogen-bond donors (Lipinski definition) is 2. The van der Waals surface area contributed by atoms with Gasteiger partial charge >= 0.3 is 0 Å². The first-order valence-corrected chi connectivity index (χ1v) is 7.42. The molecule has 0 aromatic carbocycles. The molecule has 20 heavy (non-hydrogen) atoms. The zero-order valence-electron chi connectivity index (χ0n) is 12.4. The molecule has 3 heteroatoms. The van der Waals surface area contributed by atoms with Crippen LogP contribution in [0.15, 0.2) is 40.2 Å². The van der Waals surface area contributed by atoms with E-state index in [-0.39, 0.29) is 11.1 Å². The van der Waals surface area contributed by atoms with Crippen molar-refractivity contribution in [2.45, 2.75) is 39.2 Å². The van der Waals surface area contributed by atoms with Crippen molar-refractivity contribution in [2.24, 2.45) is 5.92 Å². The number of aromatic nitrogens is 1. The number of allylic oxidation sites excluding steroid dienone is 2. The molecule has 2 aliphatic rings. The Balaban J connectivity index is 2.28. The van der Waals surface area contributed by atoms with Crippen LogP contribution in [-0.2, 0) is 12.0 Å². The summed E-state index contributed by atoms with van der Waals surface area (Å²) >= 11 is 0. The molecule has 0 aliphatic heterocycles. The van der Waals surface area contributed by atoms with Gasteiger partial charge in [0, 0.05) is 17.7 Å². The number of aromatic amines is 1. The first-order chi connectivity index (χ1) is 9.60. The fourth-order valence-electron chi connectivity index (χ4n) is 4.07. The number of rotatable bonds is 2. The molecule has 2 aliphatic carbocycles. The zero-order chi connectivity index (χ0) is 14.3. The average molecular weight is 270 g/mol.